The molecule has 0 bridgehead atoms. The van der Waals surface area contributed by atoms with E-state index in [1.807, 2.05) is 12.1 Å². The Kier molecular flexibility index (Phi) is 3.47. The van der Waals surface area contributed by atoms with Crippen LogP contribution in [-0.4, -0.2) is 12.6 Å². The Morgan fingerprint density at radius 1 is 1.22 bits per heavy atom. The molecule has 0 N–H and O–H groups in total. The number of anilines is 1. The minimum absolute atomic E-state index is 0.110. The quantitative estimate of drug-likeness (QED) is 0.721. The molecule has 1 saturated heterocycles. The first kappa shape index (κ1) is 12.3. The lowest BCUT2D eigenvalue weighted by atomic mass is 9.91. The standard InChI is InChI=1S/C15H19ClFN/c16-10-11-6-7-15(13(17)9-11)18-8-2-4-12-3-1-5-14(12)18/h6-7,9,12,14H,1-5,8,10H2. The van der Waals surface area contributed by atoms with Crippen LogP contribution in [0.4, 0.5) is 10.1 Å². The monoisotopic (exact) mass is 267 g/mol. The Morgan fingerprint density at radius 3 is 2.83 bits per heavy atom. The second-order valence-corrected chi connectivity index (χ2v) is 5.78. The number of fused-ring (bicyclic) bond motifs is 1. The highest BCUT2D eigenvalue weighted by atomic mass is 35.5. The molecule has 0 radical (unpaired) electrons. The maximum Gasteiger partial charge on any atom is 0.146 e. The number of alkyl halides is 1. The van der Waals surface area contributed by atoms with Gasteiger partial charge in [-0.3, -0.25) is 0 Å². The van der Waals surface area contributed by atoms with Crippen molar-refractivity contribution < 1.29 is 4.39 Å². The van der Waals surface area contributed by atoms with Gasteiger partial charge in [0.25, 0.3) is 0 Å². The van der Waals surface area contributed by atoms with Gasteiger partial charge in [-0.2, -0.15) is 0 Å². The fourth-order valence-corrected chi connectivity index (χ4v) is 3.79. The number of benzene rings is 1. The van der Waals surface area contributed by atoms with Crippen molar-refractivity contribution in [3.63, 3.8) is 0 Å². The molecule has 1 saturated carbocycles. The van der Waals surface area contributed by atoms with Gasteiger partial charge in [-0.25, -0.2) is 4.39 Å². The molecule has 2 aliphatic rings. The van der Waals surface area contributed by atoms with Crippen LogP contribution in [0.15, 0.2) is 18.2 Å². The van der Waals surface area contributed by atoms with Crippen LogP contribution in [0.2, 0.25) is 0 Å². The third-order valence-electron chi connectivity index (χ3n) is 4.47. The summed E-state index contributed by atoms with van der Waals surface area (Å²) in [6.07, 6.45) is 6.36. The highest BCUT2D eigenvalue weighted by Gasteiger charge is 2.35. The van der Waals surface area contributed by atoms with E-state index in [0.717, 1.165) is 23.7 Å². The van der Waals surface area contributed by atoms with Gasteiger partial charge in [0.2, 0.25) is 0 Å². The van der Waals surface area contributed by atoms with Crippen molar-refractivity contribution in [1.82, 2.24) is 0 Å². The average molecular weight is 268 g/mol. The number of nitrogens with zero attached hydrogens (tertiary/aromatic N) is 1. The van der Waals surface area contributed by atoms with Crippen molar-refractivity contribution in [2.45, 2.75) is 44.0 Å². The fourth-order valence-electron chi connectivity index (χ4n) is 3.62. The average Bonchev–Trinajstić information content (AvgIpc) is 2.87. The van der Waals surface area contributed by atoms with E-state index in [0.29, 0.717) is 11.9 Å². The first-order valence-corrected chi connectivity index (χ1v) is 7.44. The number of piperidine rings is 1. The summed E-state index contributed by atoms with van der Waals surface area (Å²) in [5, 5.41) is 0. The second-order valence-electron chi connectivity index (χ2n) is 5.51. The van der Waals surface area contributed by atoms with Crippen LogP contribution in [0, 0.1) is 11.7 Å². The van der Waals surface area contributed by atoms with E-state index in [9.17, 15) is 4.39 Å². The van der Waals surface area contributed by atoms with Crippen LogP contribution in [0.3, 0.4) is 0 Å². The van der Waals surface area contributed by atoms with Crippen LogP contribution in [-0.2, 0) is 5.88 Å². The van der Waals surface area contributed by atoms with Crippen molar-refractivity contribution in [3.8, 4) is 0 Å². The smallest absolute Gasteiger partial charge is 0.146 e. The third-order valence-corrected chi connectivity index (χ3v) is 4.78. The first-order valence-electron chi connectivity index (χ1n) is 6.90. The van der Waals surface area contributed by atoms with Crippen LogP contribution < -0.4 is 4.90 Å². The Bertz CT molecular complexity index is 435. The molecule has 18 heavy (non-hydrogen) atoms. The summed E-state index contributed by atoms with van der Waals surface area (Å²) in [4.78, 5) is 2.30. The molecule has 2 fully saturated rings. The summed E-state index contributed by atoms with van der Waals surface area (Å²) in [6, 6.07) is 6.01. The summed E-state index contributed by atoms with van der Waals surface area (Å²) < 4.78 is 14.2. The molecular formula is C15H19ClFN. The van der Waals surface area contributed by atoms with E-state index >= 15 is 0 Å². The van der Waals surface area contributed by atoms with Gasteiger partial charge in [0, 0.05) is 18.5 Å². The molecule has 2 atom stereocenters. The molecule has 3 heteroatoms. The van der Waals surface area contributed by atoms with Crippen LogP contribution >= 0.6 is 11.6 Å². The number of hydrogen-bond acceptors (Lipinski definition) is 1. The van der Waals surface area contributed by atoms with Gasteiger partial charge in [-0.15, -0.1) is 11.6 Å². The minimum Gasteiger partial charge on any atom is -0.366 e. The lowest BCUT2D eigenvalue weighted by Crippen LogP contribution is -2.43. The van der Waals surface area contributed by atoms with Crippen molar-refractivity contribution in [3.05, 3.63) is 29.6 Å². The maximum atomic E-state index is 14.2. The normalized spacial score (nSPS) is 27.3. The fraction of sp³-hybridized carbons (Fsp3) is 0.600. The summed E-state index contributed by atoms with van der Waals surface area (Å²) in [5.74, 6) is 1.05. The molecule has 0 amide bonds. The van der Waals surface area contributed by atoms with E-state index < -0.39 is 0 Å². The van der Waals surface area contributed by atoms with Gasteiger partial charge >= 0.3 is 0 Å². The number of rotatable bonds is 2. The van der Waals surface area contributed by atoms with Gasteiger partial charge in [0.15, 0.2) is 0 Å². The molecule has 3 rings (SSSR count). The highest BCUT2D eigenvalue weighted by molar-refractivity contribution is 6.17. The largest absolute Gasteiger partial charge is 0.366 e. The molecule has 0 spiro atoms. The molecule has 1 aliphatic heterocycles. The van der Waals surface area contributed by atoms with E-state index in [-0.39, 0.29) is 5.82 Å². The molecule has 1 aromatic carbocycles. The molecule has 0 aromatic heterocycles. The van der Waals surface area contributed by atoms with Crippen LogP contribution in [0.25, 0.3) is 0 Å². The summed E-state index contributed by atoms with van der Waals surface area (Å²) in [5.41, 5.74) is 1.64. The predicted molar refractivity (Wildman–Crippen MR) is 73.7 cm³/mol. The maximum absolute atomic E-state index is 14.2. The molecule has 2 unspecified atom stereocenters. The SMILES string of the molecule is Fc1cc(CCl)ccc1N1CCCC2CCCC21. The van der Waals surface area contributed by atoms with Crippen molar-refractivity contribution in [2.24, 2.45) is 5.92 Å². The Morgan fingerprint density at radius 2 is 2.06 bits per heavy atom. The van der Waals surface area contributed by atoms with Gasteiger partial charge < -0.3 is 4.90 Å². The molecule has 1 heterocycles. The highest BCUT2D eigenvalue weighted by Crippen LogP contribution is 2.39. The Hall–Kier alpha value is -0.760. The van der Waals surface area contributed by atoms with Gasteiger partial charge in [0.1, 0.15) is 5.82 Å². The van der Waals surface area contributed by atoms with Crippen molar-refractivity contribution >= 4 is 17.3 Å². The zero-order valence-electron chi connectivity index (χ0n) is 10.5. The van der Waals surface area contributed by atoms with Crippen LogP contribution in [0.5, 0.6) is 0 Å². The second kappa shape index (κ2) is 5.08. The van der Waals surface area contributed by atoms with Crippen molar-refractivity contribution in [1.29, 1.82) is 0 Å². The van der Waals surface area contributed by atoms with E-state index in [1.165, 1.54) is 32.1 Å². The van der Waals surface area contributed by atoms with Gasteiger partial charge in [-0.1, -0.05) is 12.5 Å². The molecule has 1 aliphatic carbocycles. The number of hydrogen-bond donors (Lipinski definition) is 0. The van der Waals surface area contributed by atoms with Gasteiger partial charge in [0.05, 0.1) is 5.69 Å². The zero-order chi connectivity index (χ0) is 12.5. The summed E-state index contributed by atoms with van der Waals surface area (Å²) in [6.45, 7) is 0.998. The third kappa shape index (κ3) is 2.11. The zero-order valence-corrected chi connectivity index (χ0v) is 11.3. The predicted octanol–water partition coefficient (Wildman–Crippen LogP) is 4.33. The van der Waals surface area contributed by atoms with E-state index in [1.54, 1.807) is 6.07 Å². The van der Waals surface area contributed by atoms with Crippen LogP contribution in [0.1, 0.15) is 37.7 Å². The summed E-state index contributed by atoms with van der Waals surface area (Å²) in [7, 11) is 0. The first-order chi connectivity index (χ1) is 8.79. The lowest BCUT2D eigenvalue weighted by Gasteiger charge is -2.39. The van der Waals surface area contributed by atoms with Crippen molar-refractivity contribution in [2.75, 3.05) is 11.4 Å². The lowest BCUT2D eigenvalue weighted by molar-refractivity contribution is 0.359. The topological polar surface area (TPSA) is 3.24 Å². The molecule has 1 nitrogen and oxygen atoms in total. The van der Waals surface area contributed by atoms with E-state index in [2.05, 4.69) is 4.90 Å². The molecular weight excluding hydrogens is 249 g/mol. The van der Waals surface area contributed by atoms with Gasteiger partial charge in [-0.05, 0) is 49.3 Å². The number of halogens is 2. The Balaban J connectivity index is 1.89. The van der Waals surface area contributed by atoms with E-state index in [4.69, 9.17) is 11.6 Å². The molecule has 98 valence electrons. The summed E-state index contributed by atoms with van der Waals surface area (Å²) >= 11 is 5.75. The molecule has 1 aromatic rings. The minimum atomic E-state index is -0.110. The Labute approximate surface area is 113 Å².